The third-order valence-electron chi connectivity index (χ3n) is 2.67. The summed E-state index contributed by atoms with van der Waals surface area (Å²) in [4.78, 5) is 16.1. The monoisotopic (exact) mass is 257 g/mol. The van der Waals surface area contributed by atoms with Crippen molar-refractivity contribution >= 4 is 22.5 Å². The van der Waals surface area contributed by atoms with Crippen LogP contribution in [0.1, 0.15) is 20.8 Å². The summed E-state index contributed by atoms with van der Waals surface area (Å²) in [5, 5.41) is 7.05. The van der Waals surface area contributed by atoms with Crippen molar-refractivity contribution in [2.45, 2.75) is 26.3 Å². The van der Waals surface area contributed by atoms with E-state index in [4.69, 9.17) is 0 Å². The number of rotatable bonds is 3. The van der Waals surface area contributed by atoms with E-state index in [0.29, 0.717) is 6.54 Å². The van der Waals surface area contributed by atoms with Gasteiger partial charge in [-0.3, -0.25) is 9.78 Å². The molecule has 0 atom stereocenters. The number of fused-ring (bicyclic) bond motifs is 1. The van der Waals surface area contributed by atoms with Gasteiger partial charge in [0.15, 0.2) is 0 Å². The molecule has 0 unspecified atom stereocenters. The third-order valence-corrected chi connectivity index (χ3v) is 2.67. The first kappa shape index (κ1) is 13.5. The Balaban J connectivity index is 2.03. The second-order valence-electron chi connectivity index (χ2n) is 5.56. The number of nitrogens with one attached hydrogen (secondary N) is 2. The molecule has 0 saturated carbocycles. The van der Waals surface area contributed by atoms with Crippen LogP contribution in [-0.2, 0) is 4.79 Å². The Morgan fingerprint density at radius 2 is 2.05 bits per heavy atom. The van der Waals surface area contributed by atoms with E-state index in [-0.39, 0.29) is 11.4 Å². The van der Waals surface area contributed by atoms with Crippen molar-refractivity contribution < 1.29 is 4.79 Å². The predicted octanol–water partition coefficient (Wildman–Crippen LogP) is 2.56. The van der Waals surface area contributed by atoms with Gasteiger partial charge in [0.1, 0.15) is 0 Å². The number of carbonyl (C=O) groups excluding carboxylic acids is 1. The lowest BCUT2D eigenvalue weighted by atomic mass is 10.1. The van der Waals surface area contributed by atoms with E-state index in [1.54, 1.807) is 6.20 Å². The summed E-state index contributed by atoms with van der Waals surface area (Å²) in [7, 11) is 0. The summed E-state index contributed by atoms with van der Waals surface area (Å²) >= 11 is 0. The first-order valence-electron chi connectivity index (χ1n) is 6.34. The number of aromatic nitrogens is 1. The van der Waals surface area contributed by atoms with E-state index in [2.05, 4.69) is 15.6 Å². The van der Waals surface area contributed by atoms with Crippen molar-refractivity contribution in [3.8, 4) is 0 Å². The maximum absolute atomic E-state index is 11.8. The normalized spacial score (nSPS) is 11.5. The molecule has 0 radical (unpaired) electrons. The van der Waals surface area contributed by atoms with Crippen LogP contribution in [0.4, 0.5) is 5.69 Å². The molecule has 2 N–H and O–H groups in total. The molecule has 2 rings (SSSR count). The molecular formula is C15H19N3O. The number of benzene rings is 1. The standard InChI is InChI=1S/C15H19N3O/c1-15(2,3)17-10-14(19)18-12-6-7-13-11(9-12)5-4-8-16-13/h4-9,17H,10H2,1-3H3,(H,18,19). The van der Waals surface area contributed by atoms with E-state index in [0.717, 1.165) is 16.6 Å². The van der Waals surface area contributed by atoms with Crippen LogP contribution in [0, 0.1) is 0 Å². The summed E-state index contributed by atoms with van der Waals surface area (Å²) in [6.45, 7) is 6.39. The van der Waals surface area contributed by atoms with Gasteiger partial charge in [0.2, 0.25) is 5.91 Å². The molecule has 0 saturated heterocycles. The molecule has 19 heavy (non-hydrogen) atoms. The molecule has 1 aromatic heterocycles. The van der Waals surface area contributed by atoms with Gasteiger partial charge in [0.05, 0.1) is 12.1 Å². The van der Waals surface area contributed by atoms with Gasteiger partial charge in [-0.05, 0) is 45.0 Å². The molecule has 1 heterocycles. The molecule has 100 valence electrons. The van der Waals surface area contributed by atoms with Gasteiger partial charge in [-0.25, -0.2) is 0 Å². The van der Waals surface area contributed by atoms with Crippen molar-refractivity contribution in [1.82, 2.24) is 10.3 Å². The number of anilines is 1. The minimum Gasteiger partial charge on any atom is -0.325 e. The topological polar surface area (TPSA) is 54.0 Å². The molecule has 1 aromatic carbocycles. The lowest BCUT2D eigenvalue weighted by Crippen LogP contribution is -2.41. The SMILES string of the molecule is CC(C)(C)NCC(=O)Nc1ccc2ncccc2c1. The fourth-order valence-electron chi connectivity index (χ4n) is 1.70. The number of hydrogen-bond donors (Lipinski definition) is 2. The van der Waals surface area contributed by atoms with E-state index < -0.39 is 0 Å². The summed E-state index contributed by atoms with van der Waals surface area (Å²) in [6.07, 6.45) is 1.76. The minimum absolute atomic E-state index is 0.0434. The quantitative estimate of drug-likeness (QED) is 0.888. The van der Waals surface area contributed by atoms with Crippen LogP contribution in [0.25, 0.3) is 10.9 Å². The second kappa shape index (κ2) is 5.36. The maximum Gasteiger partial charge on any atom is 0.238 e. The van der Waals surface area contributed by atoms with Gasteiger partial charge in [-0.1, -0.05) is 6.07 Å². The second-order valence-corrected chi connectivity index (χ2v) is 5.56. The van der Waals surface area contributed by atoms with Crippen LogP contribution in [0.5, 0.6) is 0 Å². The summed E-state index contributed by atoms with van der Waals surface area (Å²) in [6, 6.07) is 9.56. The molecule has 0 spiro atoms. The minimum atomic E-state index is -0.0648. The molecule has 4 nitrogen and oxygen atoms in total. The largest absolute Gasteiger partial charge is 0.325 e. The lowest BCUT2D eigenvalue weighted by molar-refractivity contribution is -0.115. The molecular weight excluding hydrogens is 238 g/mol. The summed E-state index contributed by atoms with van der Waals surface area (Å²) < 4.78 is 0. The Morgan fingerprint density at radius 3 is 2.79 bits per heavy atom. The fraction of sp³-hybridized carbons (Fsp3) is 0.333. The van der Waals surface area contributed by atoms with Crippen LogP contribution >= 0.6 is 0 Å². The van der Waals surface area contributed by atoms with Crippen LogP contribution in [0.2, 0.25) is 0 Å². The summed E-state index contributed by atoms with van der Waals surface area (Å²) in [5.74, 6) is -0.0434. The molecule has 0 aliphatic rings. The van der Waals surface area contributed by atoms with Gasteiger partial charge < -0.3 is 10.6 Å². The highest BCUT2D eigenvalue weighted by molar-refractivity contribution is 5.94. The average molecular weight is 257 g/mol. The Bertz CT molecular complexity index is 587. The van der Waals surface area contributed by atoms with Gasteiger partial charge >= 0.3 is 0 Å². The zero-order chi connectivity index (χ0) is 13.9. The van der Waals surface area contributed by atoms with E-state index in [9.17, 15) is 4.79 Å². The highest BCUT2D eigenvalue weighted by atomic mass is 16.1. The Kier molecular flexibility index (Phi) is 3.81. The molecule has 4 heteroatoms. The lowest BCUT2D eigenvalue weighted by Gasteiger charge is -2.20. The number of pyridine rings is 1. The summed E-state index contributed by atoms with van der Waals surface area (Å²) in [5.41, 5.74) is 1.65. The van der Waals surface area contributed by atoms with Gasteiger partial charge in [0.25, 0.3) is 0 Å². The molecule has 0 aliphatic heterocycles. The van der Waals surface area contributed by atoms with Crippen molar-refractivity contribution in [3.63, 3.8) is 0 Å². The van der Waals surface area contributed by atoms with Gasteiger partial charge in [-0.2, -0.15) is 0 Å². The van der Waals surface area contributed by atoms with Crippen molar-refractivity contribution in [3.05, 3.63) is 36.5 Å². The Hall–Kier alpha value is -1.94. The van der Waals surface area contributed by atoms with E-state index in [1.807, 2.05) is 51.1 Å². The van der Waals surface area contributed by atoms with Gasteiger partial charge in [-0.15, -0.1) is 0 Å². The van der Waals surface area contributed by atoms with Crippen LogP contribution in [-0.4, -0.2) is 23.0 Å². The van der Waals surface area contributed by atoms with E-state index >= 15 is 0 Å². The Morgan fingerprint density at radius 1 is 1.26 bits per heavy atom. The van der Waals surface area contributed by atoms with Gasteiger partial charge in [0, 0.05) is 22.8 Å². The highest BCUT2D eigenvalue weighted by Gasteiger charge is 2.11. The van der Waals surface area contributed by atoms with Crippen LogP contribution < -0.4 is 10.6 Å². The zero-order valence-corrected chi connectivity index (χ0v) is 11.5. The maximum atomic E-state index is 11.8. The first-order valence-corrected chi connectivity index (χ1v) is 6.34. The third kappa shape index (κ3) is 4.03. The number of carbonyl (C=O) groups is 1. The molecule has 0 aliphatic carbocycles. The fourth-order valence-corrected chi connectivity index (χ4v) is 1.70. The molecule has 2 aromatic rings. The zero-order valence-electron chi connectivity index (χ0n) is 11.5. The van der Waals surface area contributed by atoms with Crippen molar-refractivity contribution in [2.75, 3.05) is 11.9 Å². The van der Waals surface area contributed by atoms with Crippen LogP contribution in [0.3, 0.4) is 0 Å². The first-order chi connectivity index (χ1) is 8.94. The average Bonchev–Trinajstić information content (AvgIpc) is 2.35. The number of hydrogen-bond acceptors (Lipinski definition) is 3. The molecule has 1 amide bonds. The van der Waals surface area contributed by atoms with Crippen molar-refractivity contribution in [1.29, 1.82) is 0 Å². The van der Waals surface area contributed by atoms with Crippen LogP contribution in [0.15, 0.2) is 36.5 Å². The molecule has 0 fully saturated rings. The highest BCUT2D eigenvalue weighted by Crippen LogP contribution is 2.16. The number of nitrogens with zero attached hydrogens (tertiary/aromatic N) is 1. The molecule has 0 bridgehead atoms. The Labute approximate surface area is 113 Å². The predicted molar refractivity (Wildman–Crippen MR) is 78.1 cm³/mol. The van der Waals surface area contributed by atoms with Crippen molar-refractivity contribution in [2.24, 2.45) is 0 Å². The van der Waals surface area contributed by atoms with E-state index in [1.165, 1.54) is 0 Å². The smallest absolute Gasteiger partial charge is 0.238 e. The number of amides is 1.